The standard InChI is InChI=1S/C16H15NO4S2/c1-3-13-5-9-15(10-6-13)22(18,19)17-23(20,21)16-11-7-14(4-2)8-12-16/h3-12,17H,1-2H2. The van der Waals surface area contributed by atoms with Gasteiger partial charge in [0, 0.05) is 0 Å². The fourth-order valence-electron chi connectivity index (χ4n) is 1.81. The fourth-order valence-corrected chi connectivity index (χ4v) is 4.72. The Labute approximate surface area is 136 Å². The van der Waals surface area contributed by atoms with Crippen molar-refractivity contribution in [3.8, 4) is 0 Å². The van der Waals surface area contributed by atoms with E-state index in [0.29, 0.717) is 0 Å². The molecule has 0 aliphatic rings. The highest BCUT2D eigenvalue weighted by Crippen LogP contribution is 2.16. The first kappa shape index (κ1) is 17.1. The minimum atomic E-state index is -4.20. The molecule has 0 atom stereocenters. The lowest BCUT2D eigenvalue weighted by atomic mass is 10.2. The lowest BCUT2D eigenvalue weighted by Crippen LogP contribution is -2.30. The molecule has 0 aliphatic carbocycles. The molecule has 0 fully saturated rings. The van der Waals surface area contributed by atoms with Crippen LogP contribution in [-0.4, -0.2) is 16.8 Å². The van der Waals surface area contributed by atoms with Crippen LogP contribution >= 0.6 is 0 Å². The number of hydrogen-bond donors (Lipinski definition) is 1. The van der Waals surface area contributed by atoms with Crippen molar-refractivity contribution in [2.24, 2.45) is 0 Å². The first-order valence-electron chi connectivity index (χ1n) is 6.52. The molecule has 0 unspecified atom stereocenters. The summed E-state index contributed by atoms with van der Waals surface area (Å²) in [4.78, 5) is -0.288. The third-order valence-corrected chi connectivity index (χ3v) is 6.61. The van der Waals surface area contributed by atoms with Crippen LogP contribution < -0.4 is 4.13 Å². The van der Waals surface area contributed by atoms with Crippen LogP contribution in [0.2, 0.25) is 0 Å². The van der Waals surface area contributed by atoms with Crippen molar-refractivity contribution in [2.45, 2.75) is 9.79 Å². The quantitative estimate of drug-likeness (QED) is 0.869. The maximum atomic E-state index is 12.2. The van der Waals surface area contributed by atoms with Crippen molar-refractivity contribution in [3.05, 3.63) is 72.8 Å². The summed E-state index contributed by atoms with van der Waals surface area (Å²) in [5.41, 5.74) is 1.46. The van der Waals surface area contributed by atoms with Gasteiger partial charge in [-0.1, -0.05) is 49.6 Å². The Kier molecular flexibility index (Phi) is 4.84. The average Bonchev–Trinajstić information content (AvgIpc) is 2.54. The molecule has 0 aliphatic heterocycles. The van der Waals surface area contributed by atoms with Crippen LogP contribution in [0.3, 0.4) is 0 Å². The summed E-state index contributed by atoms with van der Waals surface area (Å²) < 4.78 is 50.6. The molecule has 0 amide bonds. The third-order valence-electron chi connectivity index (χ3n) is 3.07. The van der Waals surface area contributed by atoms with Gasteiger partial charge in [-0.2, -0.15) is 0 Å². The second kappa shape index (κ2) is 6.49. The van der Waals surface area contributed by atoms with Crippen LogP contribution in [0.25, 0.3) is 12.2 Å². The molecule has 1 N–H and O–H groups in total. The lowest BCUT2D eigenvalue weighted by molar-refractivity contribution is 0.577. The molecule has 2 aromatic carbocycles. The zero-order valence-corrected chi connectivity index (χ0v) is 13.8. The molecule has 5 nitrogen and oxygen atoms in total. The van der Waals surface area contributed by atoms with E-state index in [1.165, 1.54) is 48.5 Å². The van der Waals surface area contributed by atoms with Crippen LogP contribution in [0.15, 0.2) is 71.5 Å². The minimum absolute atomic E-state index is 0.144. The summed E-state index contributed by atoms with van der Waals surface area (Å²) in [6.07, 6.45) is 3.11. The Morgan fingerprint density at radius 3 is 1.22 bits per heavy atom. The van der Waals surface area contributed by atoms with Gasteiger partial charge < -0.3 is 0 Å². The summed E-state index contributed by atoms with van der Waals surface area (Å²) in [5, 5.41) is 0. The SMILES string of the molecule is C=Cc1ccc(S(=O)(=O)NS(=O)(=O)c2ccc(C=C)cc2)cc1. The van der Waals surface area contributed by atoms with E-state index in [0.717, 1.165) is 11.1 Å². The van der Waals surface area contributed by atoms with Crippen LogP contribution in [0, 0.1) is 0 Å². The number of hydrogen-bond acceptors (Lipinski definition) is 4. The van der Waals surface area contributed by atoms with Gasteiger partial charge in [0.1, 0.15) is 0 Å². The molecular weight excluding hydrogens is 334 g/mol. The van der Waals surface area contributed by atoms with Gasteiger partial charge in [0.25, 0.3) is 20.0 Å². The number of benzene rings is 2. The predicted molar refractivity (Wildman–Crippen MR) is 90.6 cm³/mol. The van der Waals surface area contributed by atoms with E-state index < -0.39 is 20.0 Å². The van der Waals surface area contributed by atoms with Crippen molar-refractivity contribution >= 4 is 32.2 Å². The van der Waals surface area contributed by atoms with Gasteiger partial charge in [-0.15, -0.1) is 4.13 Å². The number of sulfonamides is 2. The average molecular weight is 349 g/mol. The van der Waals surface area contributed by atoms with Gasteiger partial charge in [0.2, 0.25) is 0 Å². The Bertz CT molecular complexity index is 847. The Hall–Kier alpha value is -2.22. The summed E-state index contributed by atoms with van der Waals surface area (Å²) in [7, 11) is -8.40. The van der Waals surface area contributed by atoms with Crippen LogP contribution in [0.1, 0.15) is 11.1 Å². The Morgan fingerprint density at radius 2 is 0.957 bits per heavy atom. The molecule has 0 spiro atoms. The molecular formula is C16H15NO4S2. The van der Waals surface area contributed by atoms with E-state index in [1.807, 2.05) is 0 Å². The summed E-state index contributed by atoms with van der Waals surface area (Å²) >= 11 is 0. The van der Waals surface area contributed by atoms with Gasteiger partial charge in [-0.25, -0.2) is 16.8 Å². The van der Waals surface area contributed by atoms with E-state index in [2.05, 4.69) is 13.2 Å². The monoisotopic (exact) mass is 349 g/mol. The molecule has 0 radical (unpaired) electrons. The summed E-state index contributed by atoms with van der Waals surface area (Å²) in [6, 6.07) is 11.4. The van der Waals surface area contributed by atoms with Gasteiger partial charge >= 0.3 is 0 Å². The van der Waals surface area contributed by atoms with E-state index in [1.54, 1.807) is 16.3 Å². The van der Waals surface area contributed by atoms with Gasteiger partial charge in [0.15, 0.2) is 0 Å². The molecule has 2 aromatic rings. The van der Waals surface area contributed by atoms with Crippen LogP contribution in [0.5, 0.6) is 0 Å². The van der Waals surface area contributed by atoms with Gasteiger partial charge in [0.05, 0.1) is 9.79 Å². The molecule has 7 heteroatoms. The van der Waals surface area contributed by atoms with Crippen LogP contribution in [-0.2, 0) is 20.0 Å². The predicted octanol–water partition coefficient (Wildman–Crippen LogP) is 2.64. The highest BCUT2D eigenvalue weighted by Gasteiger charge is 2.24. The molecule has 2 rings (SSSR count). The van der Waals surface area contributed by atoms with Crippen molar-refractivity contribution < 1.29 is 16.8 Å². The third kappa shape index (κ3) is 3.95. The molecule has 0 bridgehead atoms. The maximum Gasteiger partial charge on any atom is 0.253 e. The highest BCUT2D eigenvalue weighted by atomic mass is 32.3. The van der Waals surface area contributed by atoms with E-state index >= 15 is 0 Å². The molecule has 0 heterocycles. The summed E-state index contributed by atoms with van der Waals surface area (Å²) in [5.74, 6) is 0. The largest absolute Gasteiger partial charge is 0.253 e. The second-order valence-electron chi connectivity index (χ2n) is 4.64. The zero-order valence-electron chi connectivity index (χ0n) is 12.1. The molecule has 0 aromatic heterocycles. The van der Waals surface area contributed by atoms with E-state index in [4.69, 9.17) is 0 Å². The number of rotatable bonds is 6. The van der Waals surface area contributed by atoms with Crippen molar-refractivity contribution in [1.29, 1.82) is 0 Å². The van der Waals surface area contributed by atoms with E-state index in [9.17, 15) is 16.8 Å². The summed E-state index contributed by atoms with van der Waals surface area (Å²) in [6.45, 7) is 7.14. The van der Waals surface area contributed by atoms with Crippen LogP contribution in [0.4, 0.5) is 0 Å². The molecule has 23 heavy (non-hydrogen) atoms. The zero-order chi connectivity index (χ0) is 17.1. The molecule has 0 saturated heterocycles. The van der Waals surface area contributed by atoms with Gasteiger partial charge in [-0.3, -0.25) is 0 Å². The fraction of sp³-hybridized carbons (Fsp3) is 0. The Balaban J connectivity index is 2.33. The first-order valence-corrected chi connectivity index (χ1v) is 9.49. The molecule has 0 saturated carbocycles. The minimum Gasteiger partial charge on any atom is -0.206 e. The van der Waals surface area contributed by atoms with Crippen molar-refractivity contribution in [2.75, 3.05) is 0 Å². The second-order valence-corrected chi connectivity index (χ2v) is 8.26. The number of nitrogens with one attached hydrogen (secondary N) is 1. The molecule has 120 valence electrons. The van der Waals surface area contributed by atoms with Crippen molar-refractivity contribution in [3.63, 3.8) is 0 Å². The topological polar surface area (TPSA) is 80.3 Å². The van der Waals surface area contributed by atoms with Gasteiger partial charge in [-0.05, 0) is 35.4 Å². The lowest BCUT2D eigenvalue weighted by Gasteiger charge is -2.08. The maximum absolute atomic E-state index is 12.2. The van der Waals surface area contributed by atoms with E-state index in [-0.39, 0.29) is 9.79 Å². The smallest absolute Gasteiger partial charge is 0.206 e. The van der Waals surface area contributed by atoms with Crippen molar-refractivity contribution in [1.82, 2.24) is 4.13 Å². The highest BCUT2D eigenvalue weighted by molar-refractivity contribution is 8.04. The first-order chi connectivity index (χ1) is 10.8. The Morgan fingerprint density at radius 1 is 0.652 bits per heavy atom. The normalized spacial score (nSPS) is 11.8.